The second-order valence-electron chi connectivity index (χ2n) is 6.68. The van der Waals surface area contributed by atoms with Gasteiger partial charge in [0.1, 0.15) is 6.04 Å². The average molecular weight is 368 g/mol. The topological polar surface area (TPSA) is 111 Å². The van der Waals surface area contributed by atoms with Crippen LogP contribution in [0.4, 0.5) is 0 Å². The molecule has 0 bridgehead atoms. The molecular weight excluding hydrogens is 344 g/mol. The largest absolute Gasteiger partial charge is 0.463 e. The lowest BCUT2D eigenvalue weighted by molar-refractivity contribution is -0.222. The van der Waals surface area contributed by atoms with Gasteiger partial charge in [-0.3, -0.25) is 9.59 Å². The van der Waals surface area contributed by atoms with E-state index >= 15 is 0 Å². The van der Waals surface area contributed by atoms with Crippen LogP contribution in [-0.2, 0) is 33.4 Å². The van der Waals surface area contributed by atoms with Crippen molar-refractivity contribution in [1.82, 2.24) is 10.2 Å². The second-order valence-corrected chi connectivity index (χ2v) is 6.68. The molecule has 2 aliphatic heterocycles. The van der Waals surface area contributed by atoms with E-state index in [0.29, 0.717) is 19.5 Å². The Morgan fingerprint density at radius 2 is 1.96 bits per heavy atom. The number of nitrogens with zero attached hydrogens (tertiary/aromatic N) is 1. The Labute approximate surface area is 151 Å². The maximum absolute atomic E-state index is 12.2. The van der Waals surface area contributed by atoms with Gasteiger partial charge in [-0.15, -0.1) is 0 Å². The lowest BCUT2D eigenvalue weighted by atomic mass is 10.1. The summed E-state index contributed by atoms with van der Waals surface area (Å²) >= 11 is 0. The standard InChI is InChI=1S/C17H24N2O7/c1-5-10(2)24-13(20)8-12-14(21)18-6-7-19(12)9-11-15(22)25-17(3,4)26-16(11)23/h9-10,12H,5-8H2,1-4H3,(H,18,21). The first-order valence-corrected chi connectivity index (χ1v) is 8.54. The summed E-state index contributed by atoms with van der Waals surface area (Å²) in [4.78, 5) is 49.8. The minimum Gasteiger partial charge on any atom is -0.463 e. The normalized spacial score (nSPS) is 23.5. The molecule has 2 rings (SSSR count). The van der Waals surface area contributed by atoms with Crippen LogP contribution in [0.1, 0.15) is 40.5 Å². The van der Waals surface area contributed by atoms with Crippen LogP contribution in [0.2, 0.25) is 0 Å². The van der Waals surface area contributed by atoms with E-state index in [1.54, 1.807) is 6.92 Å². The molecule has 1 amide bonds. The molecule has 9 heteroatoms. The van der Waals surface area contributed by atoms with Gasteiger partial charge in [0.2, 0.25) is 5.91 Å². The van der Waals surface area contributed by atoms with E-state index < -0.39 is 29.7 Å². The number of hydrogen-bond donors (Lipinski definition) is 1. The van der Waals surface area contributed by atoms with Crippen molar-refractivity contribution in [1.29, 1.82) is 0 Å². The highest BCUT2D eigenvalue weighted by molar-refractivity contribution is 6.15. The van der Waals surface area contributed by atoms with Crippen molar-refractivity contribution in [2.45, 2.75) is 58.5 Å². The lowest BCUT2D eigenvalue weighted by Gasteiger charge is -2.35. The Morgan fingerprint density at radius 3 is 2.54 bits per heavy atom. The highest BCUT2D eigenvalue weighted by atomic mass is 16.7. The molecule has 0 aliphatic carbocycles. The zero-order chi connectivity index (χ0) is 19.5. The van der Waals surface area contributed by atoms with Gasteiger partial charge in [-0.05, 0) is 13.3 Å². The number of nitrogens with one attached hydrogen (secondary N) is 1. The Balaban J connectivity index is 2.17. The third-order valence-corrected chi connectivity index (χ3v) is 4.05. The smallest absolute Gasteiger partial charge is 0.350 e. The fraction of sp³-hybridized carbons (Fsp3) is 0.647. The molecule has 26 heavy (non-hydrogen) atoms. The Hall–Kier alpha value is -2.58. The van der Waals surface area contributed by atoms with Crippen LogP contribution in [0.3, 0.4) is 0 Å². The van der Waals surface area contributed by atoms with Gasteiger partial charge in [-0.25, -0.2) is 9.59 Å². The van der Waals surface area contributed by atoms with E-state index in [-0.39, 0.29) is 24.0 Å². The number of cyclic esters (lactones) is 2. The molecule has 0 radical (unpaired) electrons. The molecule has 2 fully saturated rings. The molecular formula is C17H24N2O7. The first-order valence-electron chi connectivity index (χ1n) is 8.54. The van der Waals surface area contributed by atoms with E-state index in [2.05, 4.69) is 5.32 Å². The Bertz CT molecular complexity index is 619. The highest BCUT2D eigenvalue weighted by Gasteiger charge is 2.40. The van der Waals surface area contributed by atoms with Crippen molar-refractivity contribution in [3.8, 4) is 0 Å². The summed E-state index contributed by atoms with van der Waals surface area (Å²) in [6.07, 6.45) is 1.42. The molecule has 0 aromatic carbocycles. The van der Waals surface area contributed by atoms with E-state index in [1.807, 2.05) is 6.92 Å². The zero-order valence-electron chi connectivity index (χ0n) is 15.4. The van der Waals surface area contributed by atoms with Crippen molar-refractivity contribution in [2.75, 3.05) is 13.1 Å². The molecule has 2 heterocycles. The molecule has 0 spiro atoms. The molecule has 2 aliphatic rings. The third-order valence-electron chi connectivity index (χ3n) is 4.05. The lowest BCUT2D eigenvalue weighted by Crippen LogP contribution is -2.54. The number of carbonyl (C=O) groups is 4. The van der Waals surface area contributed by atoms with Crippen LogP contribution < -0.4 is 5.32 Å². The first kappa shape index (κ1) is 19.7. The third kappa shape index (κ3) is 4.74. The summed E-state index contributed by atoms with van der Waals surface area (Å²) in [6.45, 7) is 7.16. The predicted molar refractivity (Wildman–Crippen MR) is 88.3 cm³/mol. The quantitative estimate of drug-likeness (QED) is 0.417. The van der Waals surface area contributed by atoms with Crippen molar-refractivity contribution >= 4 is 23.8 Å². The van der Waals surface area contributed by atoms with Gasteiger partial charge >= 0.3 is 17.9 Å². The number of piperazine rings is 1. The molecule has 2 atom stereocenters. The van der Waals surface area contributed by atoms with Gasteiger partial charge in [-0.1, -0.05) is 6.92 Å². The molecule has 144 valence electrons. The van der Waals surface area contributed by atoms with Gasteiger partial charge in [0.05, 0.1) is 12.5 Å². The summed E-state index contributed by atoms with van der Waals surface area (Å²) in [5.41, 5.74) is -0.320. The van der Waals surface area contributed by atoms with E-state index in [0.717, 1.165) is 0 Å². The van der Waals surface area contributed by atoms with Crippen LogP contribution in [-0.4, -0.2) is 59.7 Å². The minimum atomic E-state index is -1.34. The van der Waals surface area contributed by atoms with E-state index in [9.17, 15) is 19.2 Å². The van der Waals surface area contributed by atoms with Gasteiger partial charge in [0, 0.05) is 33.1 Å². The number of hydrogen-bond acceptors (Lipinski definition) is 8. The highest BCUT2D eigenvalue weighted by Crippen LogP contribution is 2.24. The number of esters is 3. The fourth-order valence-corrected chi connectivity index (χ4v) is 2.54. The van der Waals surface area contributed by atoms with Gasteiger partial charge < -0.3 is 24.4 Å². The Kier molecular flexibility index (Phi) is 5.89. The van der Waals surface area contributed by atoms with E-state index in [4.69, 9.17) is 14.2 Å². The average Bonchev–Trinajstić information content (AvgIpc) is 2.52. The molecule has 2 saturated heterocycles. The summed E-state index contributed by atoms with van der Waals surface area (Å²) in [5.74, 6) is -3.92. The van der Waals surface area contributed by atoms with Crippen molar-refractivity contribution in [3.63, 3.8) is 0 Å². The summed E-state index contributed by atoms with van der Waals surface area (Å²) in [7, 11) is 0. The van der Waals surface area contributed by atoms with Crippen molar-refractivity contribution < 1.29 is 33.4 Å². The molecule has 0 saturated carbocycles. The Morgan fingerprint density at radius 1 is 1.35 bits per heavy atom. The fourth-order valence-electron chi connectivity index (χ4n) is 2.54. The van der Waals surface area contributed by atoms with Crippen molar-refractivity contribution in [2.24, 2.45) is 0 Å². The maximum Gasteiger partial charge on any atom is 0.350 e. The number of carbonyl (C=O) groups excluding carboxylic acids is 4. The van der Waals surface area contributed by atoms with E-state index in [1.165, 1.54) is 24.9 Å². The van der Waals surface area contributed by atoms with Crippen LogP contribution in [0.25, 0.3) is 0 Å². The predicted octanol–water partition coefficient (Wildman–Crippen LogP) is 0.239. The number of amides is 1. The van der Waals surface area contributed by atoms with Gasteiger partial charge in [0.25, 0.3) is 5.79 Å². The molecule has 1 N–H and O–H groups in total. The molecule has 9 nitrogen and oxygen atoms in total. The van der Waals surface area contributed by atoms with Crippen LogP contribution in [0.5, 0.6) is 0 Å². The summed E-state index contributed by atoms with van der Waals surface area (Å²) in [6, 6.07) is -0.886. The maximum atomic E-state index is 12.2. The zero-order valence-corrected chi connectivity index (χ0v) is 15.4. The van der Waals surface area contributed by atoms with Crippen LogP contribution in [0, 0.1) is 0 Å². The van der Waals surface area contributed by atoms with Gasteiger partial charge in [-0.2, -0.15) is 0 Å². The minimum absolute atomic E-state index is 0.199. The van der Waals surface area contributed by atoms with Gasteiger partial charge in [0.15, 0.2) is 5.57 Å². The van der Waals surface area contributed by atoms with Crippen LogP contribution in [0.15, 0.2) is 11.8 Å². The summed E-state index contributed by atoms with van der Waals surface area (Å²) < 4.78 is 15.3. The number of rotatable bonds is 5. The molecule has 2 unspecified atom stereocenters. The van der Waals surface area contributed by atoms with Crippen molar-refractivity contribution in [3.05, 3.63) is 11.8 Å². The number of ether oxygens (including phenoxy) is 3. The SMILES string of the molecule is CCC(C)OC(=O)CC1C(=O)NCCN1C=C1C(=O)OC(C)(C)OC1=O. The summed E-state index contributed by atoms with van der Waals surface area (Å²) in [5, 5.41) is 2.66. The first-order chi connectivity index (χ1) is 12.1. The van der Waals surface area contributed by atoms with Crippen LogP contribution >= 0.6 is 0 Å². The monoisotopic (exact) mass is 368 g/mol. The molecule has 0 aromatic heterocycles. The molecule has 0 aromatic rings. The second kappa shape index (κ2) is 7.76.